The lowest BCUT2D eigenvalue weighted by Gasteiger charge is -2.34. The first-order valence-corrected chi connectivity index (χ1v) is 6.58. The van der Waals surface area contributed by atoms with Crippen LogP contribution in [0.2, 0.25) is 0 Å². The highest BCUT2D eigenvalue weighted by Crippen LogP contribution is 2.19. The molecule has 0 radical (unpaired) electrons. The van der Waals surface area contributed by atoms with E-state index in [-0.39, 0.29) is 0 Å². The van der Waals surface area contributed by atoms with Crippen molar-refractivity contribution in [3.05, 3.63) is 11.9 Å². The van der Waals surface area contributed by atoms with Gasteiger partial charge in [0.05, 0.1) is 11.4 Å². The van der Waals surface area contributed by atoms with Gasteiger partial charge in [0.2, 0.25) is 0 Å². The number of amides is 2. The van der Waals surface area contributed by atoms with E-state index in [9.17, 15) is 14.7 Å². The summed E-state index contributed by atoms with van der Waals surface area (Å²) in [5.74, 6) is -1.04. The molecule has 7 heteroatoms. The van der Waals surface area contributed by atoms with Gasteiger partial charge >= 0.3 is 12.0 Å². The minimum atomic E-state index is -1.27. The molecule has 0 spiro atoms. The normalized spacial score (nSPS) is 11.2. The van der Waals surface area contributed by atoms with Crippen molar-refractivity contribution in [1.82, 2.24) is 14.7 Å². The quantitative estimate of drug-likeness (QED) is 0.860. The Kier molecular flexibility index (Phi) is 4.75. The van der Waals surface area contributed by atoms with Crippen molar-refractivity contribution in [3.63, 3.8) is 0 Å². The monoisotopic (exact) mass is 282 g/mol. The predicted molar refractivity (Wildman–Crippen MR) is 75.7 cm³/mol. The van der Waals surface area contributed by atoms with Gasteiger partial charge in [0.15, 0.2) is 0 Å². The van der Waals surface area contributed by atoms with E-state index < -0.39 is 17.5 Å². The minimum absolute atomic E-state index is 0.298. The number of nitrogens with zero attached hydrogens (tertiary/aromatic N) is 3. The van der Waals surface area contributed by atoms with Gasteiger partial charge in [0.1, 0.15) is 5.54 Å². The summed E-state index contributed by atoms with van der Waals surface area (Å²) in [6.45, 7) is 6.99. The van der Waals surface area contributed by atoms with Gasteiger partial charge in [0, 0.05) is 19.8 Å². The molecule has 2 N–H and O–H groups in total. The largest absolute Gasteiger partial charge is 0.480 e. The van der Waals surface area contributed by atoms with Crippen molar-refractivity contribution in [2.75, 3.05) is 11.9 Å². The van der Waals surface area contributed by atoms with Crippen LogP contribution in [0.5, 0.6) is 0 Å². The molecule has 7 nitrogen and oxygen atoms in total. The number of urea groups is 1. The lowest BCUT2D eigenvalue weighted by atomic mass is 10.0. The van der Waals surface area contributed by atoms with Crippen molar-refractivity contribution in [2.24, 2.45) is 7.05 Å². The fourth-order valence-electron chi connectivity index (χ4n) is 1.99. The Hall–Kier alpha value is -2.05. The lowest BCUT2D eigenvalue weighted by molar-refractivity contribution is -0.147. The minimum Gasteiger partial charge on any atom is -0.480 e. The van der Waals surface area contributed by atoms with Gasteiger partial charge in [-0.3, -0.25) is 4.68 Å². The zero-order valence-corrected chi connectivity index (χ0v) is 12.6. The SMILES string of the molecule is CCc1nn(C)cc1NC(=O)N(CC)C(C)(C)C(=O)O. The number of hydrogen-bond donors (Lipinski definition) is 2. The van der Waals surface area contributed by atoms with Crippen molar-refractivity contribution in [2.45, 2.75) is 39.7 Å². The molecule has 0 fully saturated rings. The van der Waals surface area contributed by atoms with Crippen LogP contribution in [-0.4, -0.2) is 43.9 Å². The van der Waals surface area contributed by atoms with Gasteiger partial charge in [-0.2, -0.15) is 5.10 Å². The molecule has 0 saturated heterocycles. The number of carbonyl (C=O) groups is 2. The van der Waals surface area contributed by atoms with Crippen LogP contribution in [0.4, 0.5) is 10.5 Å². The summed E-state index contributed by atoms with van der Waals surface area (Å²) in [6, 6.07) is -0.442. The van der Waals surface area contributed by atoms with Crippen LogP contribution in [-0.2, 0) is 18.3 Å². The van der Waals surface area contributed by atoms with E-state index in [1.54, 1.807) is 24.9 Å². The topological polar surface area (TPSA) is 87.5 Å². The maximum atomic E-state index is 12.3. The fourth-order valence-corrected chi connectivity index (χ4v) is 1.99. The number of nitrogens with one attached hydrogen (secondary N) is 1. The van der Waals surface area contributed by atoms with Crippen molar-refractivity contribution >= 4 is 17.7 Å². The first kappa shape index (κ1) is 16.0. The van der Waals surface area contributed by atoms with E-state index in [0.29, 0.717) is 18.7 Å². The van der Waals surface area contributed by atoms with Crippen LogP contribution in [0.1, 0.15) is 33.4 Å². The zero-order valence-electron chi connectivity index (χ0n) is 12.6. The molecule has 0 aliphatic rings. The maximum Gasteiger partial charge on any atom is 0.329 e. The summed E-state index contributed by atoms with van der Waals surface area (Å²) in [4.78, 5) is 24.8. The van der Waals surface area contributed by atoms with E-state index >= 15 is 0 Å². The van der Waals surface area contributed by atoms with Crippen molar-refractivity contribution in [1.29, 1.82) is 0 Å². The molecule has 1 aromatic rings. The Morgan fingerprint density at radius 3 is 2.50 bits per heavy atom. The average Bonchev–Trinajstić information content (AvgIpc) is 2.69. The molecule has 0 aliphatic heterocycles. The van der Waals surface area contributed by atoms with E-state index in [1.165, 1.54) is 18.7 Å². The number of aromatic nitrogens is 2. The number of carboxylic acid groups (broad SMARTS) is 1. The summed E-state index contributed by atoms with van der Waals surface area (Å²) in [5, 5.41) is 16.2. The van der Waals surface area contributed by atoms with Crippen molar-refractivity contribution < 1.29 is 14.7 Å². The standard InChI is InChI=1S/C13H22N4O3/c1-6-9-10(8-16(5)15-9)14-12(20)17(7-2)13(3,4)11(18)19/h8H,6-7H2,1-5H3,(H,14,20)(H,18,19). The lowest BCUT2D eigenvalue weighted by Crippen LogP contribution is -2.54. The van der Waals surface area contributed by atoms with Gasteiger partial charge < -0.3 is 15.3 Å². The second kappa shape index (κ2) is 5.94. The van der Waals surface area contributed by atoms with Gasteiger partial charge in [-0.1, -0.05) is 6.92 Å². The molecule has 0 atom stereocenters. The first-order chi connectivity index (χ1) is 9.23. The Labute approximate surface area is 118 Å². The third-order valence-corrected chi connectivity index (χ3v) is 3.24. The predicted octanol–water partition coefficient (Wildman–Crippen LogP) is 1.70. The molecule has 20 heavy (non-hydrogen) atoms. The number of likely N-dealkylation sites (N-methyl/N-ethyl adjacent to an activating group) is 1. The number of rotatable bonds is 5. The summed E-state index contributed by atoms with van der Waals surface area (Å²) in [7, 11) is 1.77. The Morgan fingerprint density at radius 1 is 1.45 bits per heavy atom. The molecular weight excluding hydrogens is 260 g/mol. The number of carboxylic acids is 1. The second-order valence-electron chi connectivity index (χ2n) is 5.06. The molecule has 1 rings (SSSR count). The number of aliphatic carboxylic acids is 1. The summed E-state index contributed by atoms with van der Waals surface area (Å²) >= 11 is 0. The number of carbonyl (C=O) groups excluding carboxylic acids is 1. The molecule has 0 aliphatic carbocycles. The third-order valence-electron chi connectivity index (χ3n) is 3.24. The molecule has 0 aromatic carbocycles. The van der Waals surface area contributed by atoms with Crippen LogP contribution in [0.15, 0.2) is 6.20 Å². The van der Waals surface area contributed by atoms with Crippen molar-refractivity contribution in [3.8, 4) is 0 Å². The number of aryl methyl sites for hydroxylation is 2. The first-order valence-electron chi connectivity index (χ1n) is 6.58. The molecule has 0 bridgehead atoms. The van der Waals surface area contributed by atoms with Gasteiger partial charge in [-0.25, -0.2) is 9.59 Å². The molecule has 0 unspecified atom stereocenters. The van der Waals surface area contributed by atoms with E-state index in [2.05, 4.69) is 10.4 Å². The molecule has 112 valence electrons. The summed E-state index contributed by atoms with van der Waals surface area (Å²) in [5.41, 5.74) is 0.109. The van der Waals surface area contributed by atoms with E-state index in [4.69, 9.17) is 0 Å². The molecule has 1 heterocycles. The second-order valence-corrected chi connectivity index (χ2v) is 5.06. The highest BCUT2D eigenvalue weighted by atomic mass is 16.4. The van der Waals surface area contributed by atoms with Crippen LogP contribution in [0, 0.1) is 0 Å². The average molecular weight is 282 g/mol. The zero-order chi connectivity index (χ0) is 15.5. The molecule has 2 amide bonds. The summed E-state index contributed by atoms with van der Waals surface area (Å²) in [6.07, 6.45) is 2.39. The molecule has 0 saturated carbocycles. The van der Waals surface area contributed by atoms with Crippen LogP contribution in [0.3, 0.4) is 0 Å². The van der Waals surface area contributed by atoms with Gasteiger partial charge in [-0.15, -0.1) is 0 Å². The Morgan fingerprint density at radius 2 is 2.05 bits per heavy atom. The highest BCUT2D eigenvalue weighted by Gasteiger charge is 2.37. The Bertz CT molecular complexity index is 508. The number of anilines is 1. The summed E-state index contributed by atoms with van der Waals surface area (Å²) < 4.78 is 1.62. The van der Waals surface area contributed by atoms with Crippen LogP contribution >= 0.6 is 0 Å². The Balaban J connectivity index is 2.96. The molecular formula is C13H22N4O3. The molecule has 1 aromatic heterocycles. The van der Waals surface area contributed by atoms with Crippen LogP contribution < -0.4 is 5.32 Å². The smallest absolute Gasteiger partial charge is 0.329 e. The highest BCUT2D eigenvalue weighted by molar-refractivity contribution is 5.94. The van der Waals surface area contributed by atoms with E-state index in [0.717, 1.165) is 5.69 Å². The van der Waals surface area contributed by atoms with Gasteiger partial charge in [-0.05, 0) is 27.2 Å². The third kappa shape index (κ3) is 3.09. The fraction of sp³-hybridized carbons (Fsp3) is 0.615. The van der Waals surface area contributed by atoms with Crippen LogP contribution in [0.25, 0.3) is 0 Å². The maximum absolute atomic E-state index is 12.3. The number of hydrogen-bond acceptors (Lipinski definition) is 3. The van der Waals surface area contributed by atoms with E-state index in [1.807, 2.05) is 6.92 Å². The van der Waals surface area contributed by atoms with Gasteiger partial charge in [0.25, 0.3) is 0 Å².